The molecule has 0 radical (unpaired) electrons. The number of aromatic nitrogens is 3. The first-order valence-corrected chi connectivity index (χ1v) is 7.49. The van der Waals surface area contributed by atoms with Crippen LogP contribution >= 0.6 is 0 Å². The molecule has 0 saturated carbocycles. The van der Waals surface area contributed by atoms with Crippen LogP contribution in [0, 0.1) is 5.92 Å². The number of nitrogens with zero attached hydrogens (tertiary/aromatic N) is 3. The highest BCUT2D eigenvalue weighted by Crippen LogP contribution is 2.33. The van der Waals surface area contributed by atoms with Crippen molar-refractivity contribution in [2.45, 2.75) is 45.2 Å². The Labute approximate surface area is 120 Å². The highest BCUT2D eigenvalue weighted by atomic mass is 15.3. The maximum absolute atomic E-state index is 6.54. The van der Waals surface area contributed by atoms with Gasteiger partial charge in [-0.3, -0.25) is 4.68 Å². The van der Waals surface area contributed by atoms with Crippen molar-refractivity contribution in [3.8, 4) is 0 Å². The average molecular weight is 270 g/mol. The Bertz CT molecular complexity index is 575. The first-order chi connectivity index (χ1) is 9.79. The summed E-state index contributed by atoms with van der Waals surface area (Å²) in [7, 11) is 0. The quantitative estimate of drug-likeness (QED) is 0.872. The largest absolute Gasteiger partial charge is 0.324 e. The van der Waals surface area contributed by atoms with Crippen molar-refractivity contribution in [1.82, 2.24) is 14.8 Å². The van der Waals surface area contributed by atoms with Crippen molar-refractivity contribution >= 4 is 0 Å². The third kappa shape index (κ3) is 2.48. The number of aryl methyl sites for hydroxylation is 2. The molecule has 0 amide bonds. The molecule has 1 aliphatic rings. The second-order valence-corrected chi connectivity index (χ2v) is 5.57. The average Bonchev–Trinajstić information content (AvgIpc) is 2.86. The number of benzene rings is 1. The molecular formula is C16H22N4. The van der Waals surface area contributed by atoms with Crippen molar-refractivity contribution in [2.24, 2.45) is 11.7 Å². The van der Waals surface area contributed by atoms with Gasteiger partial charge in [0.15, 0.2) is 0 Å². The number of fused-ring (bicyclic) bond motifs is 1. The van der Waals surface area contributed by atoms with E-state index in [4.69, 9.17) is 5.73 Å². The summed E-state index contributed by atoms with van der Waals surface area (Å²) in [5, 5.41) is 4.26. The molecule has 1 aromatic carbocycles. The molecule has 2 N–H and O–H groups in total. The fourth-order valence-corrected chi connectivity index (χ4v) is 3.25. The molecule has 0 spiro atoms. The van der Waals surface area contributed by atoms with Crippen molar-refractivity contribution in [2.75, 3.05) is 0 Å². The van der Waals surface area contributed by atoms with Gasteiger partial charge in [-0.2, -0.15) is 5.10 Å². The number of nitrogens with two attached hydrogens (primary N) is 1. The SMILES string of the molecule is CCn1ncnc1CC1CCCc2ccccc2C1N. The summed E-state index contributed by atoms with van der Waals surface area (Å²) >= 11 is 0. The molecule has 1 aliphatic carbocycles. The van der Waals surface area contributed by atoms with Crippen LogP contribution in [-0.4, -0.2) is 14.8 Å². The zero-order valence-electron chi connectivity index (χ0n) is 12.0. The topological polar surface area (TPSA) is 56.7 Å². The molecule has 2 atom stereocenters. The molecule has 106 valence electrons. The molecule has 0 saturated heterocycles. The van der Waals surface area contributed by atoms with Crippen LogP contribution in [0.25, 0.3) is 0 Å². The van der Waals surface area contributed by atoms with Crippen molar-refractivity contribution in [1.29, 1.82) is 0 Å². The van der Waals surface area contributed by atoms with Crippen LogP contribution in [0.15, 0.2) is 30.6 Å². The molecule has 2 unspecified atom stereocenters. The Morgan fingerprint density at radius 3 is 3.05 bits per heavy atom. The standard InChI is InChI=1S/C16H22N4/c1-2-20-15(18-11-19-20)10-13-8-5-7-12-6-3-4-9-14(12)16(13)17/h3-4,6,9,11,13,16H,2,5,7-8,10,17H2,1H3. The molecule has 4 heteroatoms. The molecule has 3 rings (SSSR count). The first-order valence-electron chi connectivity index (χ1n) is 7.49. The van der Waals surface area contributed by atoms with E-state index in [-0.39, 0.29) is 6.04 Å². The van der Waals surface area contributed by atoms with Gasteiger partial charge in [-0.1, -0.05) is 24.3 Å². The predicted octanol–water partition coefficient (Wildman–Crippen LogP) is 2.49. The van der Waals surface area contributed by atoms with Crippen LogP contribution < -0.4 is 5.73 Å². The highest BCUT2D eigenvalue weighted by molar-refractivity contribution is 5.31. The van der Waals surface area contributed by atoms with Gasteiger partial charge in [0.05, 0.1) is 0 Å². The molecule has 0 fully saturated rings. The van der Waals surface area contributed by atoms with E-state index in [2.05, 4.69) is 41.3 Å². The van der Waals surface area contributed by atoms with Gasteiger partial charge in [-0.25, -0.2) is 4.98 Å². The molecule has 0 aliphatic heterocycles. The second kappa shape index (κ2) is 5.75. The minimum Gasteiger partial charge on any atom is -0.324 e. The fourth-order valence-electron chi connectivity index (χ4n) is 3.25. The van der Waals surface area contributed by atoms with E-state index in [9.17, 15) is 0 Å². The van der Waals surface area contributed by atoms with Crippen LogP contribution in [0.5, 0.6) is 0 Å². The van der Waals surface area contributed by atoms with Crippen molar-refractivity contribution in [3.05, 3.63) is 47.5 Å². The fraction of sp³-hybridized carbons (Fsp3) is 0.500. The minimum atomic E-state index is 0.107. The zero-order valence-corrected chi connectivity index (χ0v) is 12.0. The molecule has 0 bridgehead atoms. The second-order valence-electron chi connectivity index (χ2n) is 5.57. The van der Waals surface area contributed by atoms with E-state index in [1.54, 1.807) is 6.33 Å². The monoisotopic (exact) mass is 270 g/mol. The molecule has 1 heterocycles. The smallest absolute Gasteiger partial charge is 0.138 e. The van der Waals surface area contributed by atoms with Crippen molar-refractivity contribution in [3.63, 3.8) is 0 Å². The highest BCUT2D eigenvalue weighted by Gasteiger charge is 2.26. The first kappa shape index (κ1) is 13.3. The summed E-state index contributed by atoms with van der Waals surface area (Å²) in [6, 6.07) is 8.71. The van der Waals surface area contributed by atoms with Crippen molar-refractivity contribution < 1.29 is 0 Å². The summed E-state index contributed by atoms with van der Waals surface area (Å²) in [5.41, 5.74) is 9.27. The van der Waals surface area contributed by atoms with Gasteiger partial charge in [0, 0.05) is 19.0 Å². The van der Waals surface area contributed by atoms with E-state index in [0.29, 0.717) is 5.92 Å². The summed E-state index contributed by atoms with van der Waals surface area (Å²) in [4.78, 5) is 4.40. The lowest BCUT2D eigenvalue weighted by atomic mass is 9.88. The summed E-state index contributed by atoms with van der Waals surface area (Å²) in [5.74, 6) is 1.51. The Morgan fingerprint density at radius 1 is 1.35 bits per heavy atom. The third-order valence-electron chi connectivity index (χ3n) is 4.38. The Hall–Kier alpha value is -1.68. The maximum Gasteiger partial charge on any atom is 0.138 e. The molecule has 20 heavy (non-hydrogen) atoms. The lowest BCUT2D eigenvalue weighted by molar-refractivity contribution is 0.386. The van der Waals surface area contributed by atoms with Gasteiger partial charge in [-0.15, -0.1) is 0 Å². The van der Waals surface area contributed by atoms with Crippen LogP contribution in [-0.2, 0) is 19.4 Å². The van der Waals surface area contributed by atoms with Gasteiger partial charge in [0.25, 0.3) is 0 Å². The molecule has 4 nitrogen and oxygen atoms in total. The van der Waals surface area contributed by atoms with Gasteiger partial charge >= 0.3 is 0 Å². The van der Waals surface area contributed by atoms with Gasteiger partial charge in [0.2, 0.25) is 0 Å². The Balaban J connectivity index is 1.84. The van der Waals surface area contributed by atoms with Crippen LogP contribution in [0.4, 0.5) is 0 Å². The van der Waals surface area contributed by atoms with E-state index in [1.807, 2.05) is 4.68 Å². The summed E-state index contributed by atoms with van der Waals surface area (Å²) < 4.78 is 1.98. The van der Waals surface area contributed by atoms with Gasteiger partial charge < -0.3 is 5.73 Å². The zero-order chi connectivity index (χ0) is 13.9. The summed E-state index contributed by atoms with van der Waals surface area (Å²) in [6.07, 6.45) is 6.07. The maximum atomic E-state index is 6.54. The molecule has 2 aromatic rings. The Kier molecular flexibility index (Phi) is 3.83. The van der Waals surface area contributed by atoms with E-state index in [1.165, 1.54) is 17.5 Å². The predicted molar refractivity (Wildman–Crippen MR) is 79.2 cm³/mol. The van der Waals surface area contributed by atoms with Gasteiger partial charge in [-0.05, 0) is 43.2 Å². The molecular weight excluding hydrogens is 248 g/mol. The van der Waals surface area contributed by atoms with Gasteiger partial charge in [0.1, 0.15) is 12.2 Å². The Morgan fingerprint density at radius 2 is 2.20 bits per heavy atom. The summed E-state index contributed by atoms with van der Waals surface area (Å²) in [6.45, 7) is 2.97. The number of hydrogen-bond donors (Lipinski definition) is 1. The van der Waals surface area contributed by atoms with E-state index in [0.717, 1.165) is 31.6 Å². The van der Waals surface area contributed by atoms with Crippen LogP contribution in [0.3, 0.4) is 0 Å². The lowest BCUT2D eigenvalue weighted by Gasteiger charge is -2.22. The normalized spacial score (nSPS) is 22.3. The van der Waals surface area contributed by atoms with E-state index < -0.39 is 0 Å². The minimum absolute atomic E-state index is 0.107. The molecule has 1 aromatic heterocycles. The number of hydrogen-bond acceptors (Lipinski definition) is 3. The van der Waals surface area contributed by atoms with Crippen LogP contribution in [0.2, 0.25) is 0 Å². The van der Waals surface area contributed by atoms with Crippen LogP contribution in [0.1, 0.15) is 42.8 Å². The van der Waals surface area contributed by atoms with E-state index >= 15 is 0 Å². The number of rotatable bonds is 3. The lowest BCUT2D eigenvalue weighted by Crippen LogP contribution is -2.24. The third-order valence-corrected chi connectivity index (χ3v) is 4.38.